The Hall–Kier alpha value is -15.1. The first-order valence-corrected chi connectivity index (χ1v) is 51.6. The number of ketones is 5. The predicted molar refractivity (Wildman–Crippen MR) is 560 cm³/mol. The molecule has 10 aromatic rings. The molecule has 0 radical (unpaired) electrons. The van der Waals surface area contributed by atoms with Gasteiger partial charge in [0.1, 0.15) is 118 Å². The molecule has 34 nitrogen and oxygen atoms in total. The van der Waals surface area contributed by atoms with Gasteiger partial charge in [-0.2, -0.15) is 5.26 Å². The van der Waals surface area contributed by atoms with Gasteiger partial charge < -0.3 is 93.6 Å². The number of methoxy groups -OCH3 is 1. The second kappa shape index (κ2) is 57.5. The van der Waals surface area contributed by atoms with Crippen LogP contribution >= 0.6 is 0 Å². The maximum atomic E-state index is 13.6. The van der Waals surface area contributed by atoms with E-state index >= 15 is 0 Å². The van der Waals surface area contributed by atoms with Crippen molar-refractivity contribution in [1.82, 2.24) is 49.3 Å². The first-order valence-electron chi connectivity index (χ1n) is 51.6. The van der Waals surface area contributed by atoms with Crippen LogP contribution in [0, 0.1) is 11.3 Å². The number of Topliss-reactive ketones (excluding diaryl/α,β-unsaturated/α-hetero) is 5. The number of hydrogen-bond acceptors (Lipinski definition) is 29. The van der Waals surface area contributed by atoms with Crippen LogP contribution < -0.4 is 23.7 Å². The fraction of sp³-hybridized carbons (Fsp3) is 0.422. The molecule has 0 bridgehead atoms. The van der Waals surface area contributed by atoms with E-state index in [9.17, 15) is 83.7 Å². The van der Waals surface area contributed by atoms with Gasteiger partial charge in [-0.05, 0) is 278 Å². The molecule has 10 heterocycles. The maximum absolute atomic E-state index is 13.6. The molecule has 0 aliphatic carbocycles. The summed E-state index contributed by atoms with van der Waals surface area (Å²) in [5.41, 5.74) is 6.96. The van der Waals surface area contributed by atoms with Gasteiger partial charge in [0.05, 0.1) is 94.5 Å². The minimum Gasteiger partial charge on any atom is -0.507 e. The van der Waals surface area contributed by atoms with Crippen molar-refractivity contribution in [3.8, 4) is 63.6 Å². The number of aryl methyl sites for hydroxylation is 1. The molecule has 5 atom stereocenters. The molecule has 16 rings (SSSR count). The minimum atomic E-state index is -0.280. The summed E-state index contributed by atoms with van der Waals surface area (Å²) in [4.78, 5) is 155. The lowest BCUT2D eigenvalue weighted by Gasteiger charge is -2.36. The molecular weight excluding hydrogens is 1920 g/mol. The van der Waals surface area contributed by atoms with Crippen molar-refractivity contribution in [3.05, 3.63) is 273 Å². The van der Waals surface area contributed by atoms with Gasteiger partial charge in [-0.15, -0.1) is 0 Å². The van der Waals surface area contributed by atoms with Gasteiger partial charge in [0.25, 0.3) is 29.5 Å². The average molecular weight is 2050 g/mol. The minimum absolute atomic E-state index is 0.00415. The summed E-state index contributed by atoms with van der Waals surface area (Å²) < 4.78 is 34.7. The monoisotopic (exact) mass is 2050 g/mol. The van der Waals surface area contributed by atoms with Gasteiger partial charge >= 0.3 is 0 Å². The summed E-state index contributed by atoms with van der Waals surface area (Å²) in [7, 11) is 1.62. The first-order chi connectivity index (χ1) is 72.6. The molecule has 6 aliphatic heterocycles. The lowest BCUT2D eigenvalue weighted by molar-refractivity contribution is 0.0519. The van der Waals surface area contributed by atoms with Crippen LogP contribution in [0.4, 0.5) is 0 Å². The highest BCUT2D eigenvalue weighted by Gasteiger charge is 2.38. The molecule has 0 saturated carbocycles. The van der Waals surface area contributed by atoms with Crippen molar-refractivity contribution >= 4 is 58.5 Å². The van der Waals surface area contributed by atoms with E-state index in [1.807, 2.05) is 21.9 Å². The molecule has 6 aliphatic rings. The molecule has 150 heavy (non-hydrogen) atoms. The van der Waals surface area contributed by atoms with Gasteiger partial charge in [0.2, 0.25) is 0 Å². The van der Waals surface area contributed by atoms with Crippen LogP contribution in [0.1, 0.15) is 282 Å². The van der Waals surface area contributed by atoms with Crippen LogP contribution in [-0.2, 0) is 37.0 Å². The van der Waals surface area contributed by atoms with Gasteiger partial charge in [0, 0.05) is 115 Å². The van der Waals surface area contributed by atoms with Gasteiger partial charge in [-0.3, -0.25) is 67.9 Å². The topological polar surface area (TPSA) is 462 Å². The fourth-order valence-electron chi connectivity index (χ4n) is 19.8. The molecular formula is C116H137N11O23. The molecule has 4 aromatic heterocycles. The standard InChI is InChI=1S/C26H33N3O4.C23H25N3O4.C23H28N2O5.C22H26N2O5.C22H25NO5/c1-19(30)25-23(31)10-6-11-24(25)33-18-20-8-2-3-16-29(20)26(32)21-9-7-13-27-22(21)12-17-28-14-4-5-15-28;1-16(27)22-20(28)10-4-11-21(22)30-15-17-7-2-3-14-26(17)23(29)18-8-6-13-25-19(18)9-5-12-24;1-16(26)22-20(27)9-5-10-21(22)30-15-17-7-3-4-13-25(17)23(28)18-8-6-12-24-19(18)11-14-29-2;1-15(26)21-19(27)8-4-9-20(21)29-14-16-6-2-3-12-24(16)22(28)17-7-5-11-23-18(17)10-13-25;1-15(25)21-19(26)10-6-11-20(21)28-14-17-8-4-5-12-23(17)22(27)18-9-3-2-7-16(18)13-24/h6-7,9-11,13,20,31H,2-5,8,12,14-18H2,1H3;4,6,8,10-11,13,17,28H,2-3,5,7,9,14-15H2,1H3;5-6,8-10,12,17,27H,3-4,7,11,13-15H2,1-2H3;4-5,7-9,11,16,25,27H,2-3,6,10,12-14H2,1H3;2-3,6-7,9-11,17,24,26H,4-5,8,12-14H2,1H3/t20-;2*17-;16-;17-/m00000/s1. The second-order valence-electron chi connectivity index (χ2n) is 37.8. The number of carbonyl (C=O) groups excluding carboxylic acids is 10. The van der Waals surface area contributed by atoms with Crippen LogP contribution in [0.3, 0.4) is 0 Å². The number of phenolic OH excluding ortho intramolecular Hbond substituents is 5. The molecule has 5 amide bonds. The molecule has 6 saturated heterocycles. The van der Waals surface area contributed by atoms with Crippen molar-refractivity contribution < 1.29 is 112 Å². The number of nitrogens with zero attached hydrogens (tertiary/aromatic N) is 11. The van der Waals surface area contributed by atoms with Gasteiger partial charge in [0.15, 0.2) is 28.9 Å². The molecule has 794 valence electrons. The number of amides is 5. The van der Waals surface area contributed by atoms with E-state index < -0.39 is 0 Å². The zero-order valence-electron chi connectivity index (χ0n) is 86.2. The number of aliphatic hydroxyl groups is 2. The Balaban J connectivity index is 0.000000166. The zero-order valence-corrected chi connectivity index (χ0v) is 86.2. The van der Waals surface area contributed by atoms with Crippen molar-refractivity contribution in [2.45, 2.75) is 213 Å². The highest BCUT2D eigenvalue weighted by atomic mass is 16.5. The first kappa shape index (κ1) is 114. The Morgan fingerprint density at radius 3 is 0.853 bits per heavy atom. The van der Waals surface area contributed by atoms with Crippen LogP contribution in [0.15, 0.2) is 189 Å². The van der Waals surface area contributed by atoms with Crippen LogP contribution in [0.2, 0.25) is 0 Å². The lowest BCUT2D eigenvalue weighted by Crippen LogP contribution is -2.47. The normalized spacial score (nSPS) is 16.9. The van der Waals surface area contributed by atoms with Gasteiger partial charge in [-0.1, -0.05) is 48.5 Å². The number of pyridine rings is 4. The van der Waals surface area contributed by atoms with E-state index in [1.165, 1.54) is 77.8 Å². The fourth-order valence-corrected chi connectivity index (χ4v) is 19.8. The van der Waals surface area contributed by atoms with E-state index in [0.29, 0.717) is 139 Å². The summed E-state index contributed by atoms with van der Waals surface area (Å²) in [6.07, 6.45) is 25.2. The Labute approximate surface area is 875 Å². The summed E-state index contributed by atoms with van der Waals surface area (Å²) in [6, 6.07) is 46.4. The van der Waals surface area contributed by atoms with Crippen molar-refractivity contribution in [2.24, 2.45) is 0 Å². The quantitative estimate of drug-likeness (QED) is 0.0179. The third kappa shape index (κ3) is 30.6. The number of benzene rings is 6. The largest absolute Gasteiger partial charge is 0.507 e. The Kier molecular flexibility index (Phi) is 43.6. The summed E-state index contributed by atoms with van der Waals surface area (Å²) >= 11 is 0. The lowest BCUT2D eigenvalue weighted by atomic mass is 9.99. The molecule has 0 unspecified atom stereocenters. The highest BCUT2D eigenvalue weighted by molar-refractivity contribution is 6.03. The highest BCUT2D eigenvalue weighted by Crippen LogP contribution is 2.38. The second-order valence-corrected chi connectivity index (χ2v) is 37.8. The summed E-state index contributed by atoms with van der Waals surface area (Å²) in [5, 5.41) is 77.7. The average Bonchev–Trinajstić information content (AvgIpc) is 0.927. The molecule has 7 N–H and O–H groups in total. The number of hydrogen-bond donors (Lipinski definition) is 7. The van der Waals surface area contributed by atoms with Gasteiger partial charge in [-0.25, -0.2) is 0 Å². The molecule has 6 aromatic carbocycles. The molecule has 34 heteroatoms. The number of likely N-dealkylation sites (tertiary alicyclic amines) is 6. The Morgan fingerprint density at radius 1 is 0.320 bits per heavy atom. The van der Waals surface area contributed by atoms with E-state index in [0.717, 1.165) is 134 Å². The number of carbonyl (C=O) groups is 10. The van der Waals surface area contributed by atoms with Crippen molar-refractivity contribution in [3.63, 3.8) is 0 Å². The Bertz CT molecular complexity index is 6340. The van der Waals surface area contributed by atoms with E-state index in [-0.39, 0.29) is 191 Å². The van der Waals surface area contributed by atoms with Crippen LogP contribution in [0.5, 0.6) is 57.5 Å². The number of aromatic nitrogens is 4. The number of nitriles is 1. The van der Waals surface area contributed by atoms with Crippen LogP contribution in [0.25, 0.3) is 0 Å². The number of phenols is 5. The zero-order chi connectivity index (χ0) is 107. The third-order valence-corrected chi connectivity index (χ3v) is 27.5. The van der Waals surface area contributed by atoms with E-state index in [2.05, 4.69) is 30.9 Å². The van der Waals surface area contributed by atoms with Crippen LogP contribution in [-0.4, -0.2) is 279 Å². The maximum Gasteiger partial charge on any atom is 0.256 e. The number of rotatable bonds is 36. The number of aromatic hydroxyl groups is 5. The summed E-state index contributed by atoms with van der Waals surface area (Å²) in [6.45, 7) is 14.7. The van der Waals surface area contributed by atoms with Crippen molar-refractivity contribution in [1.29, 1.82) is 5.26 Å². The van der Waals surface area contributed by atoms with E-state index in [1.54, 1.807) is 168 Å². The van der Waals surface area contributed by atoms with E-state index in [4.69, 9.17) is 33.7 Å². The number of ether oxygens (including phenoxy) is 6. The third-order valence-electron chi connectivity index (χ3n) is 27.5. The SMILES string of the molecule is CC(=O)c1c(O)cccc1OC[C@@H]1CCCCN1C(=O)c1ccccc1CO.CC(=O)c1c(O)cccc1OC[C@@H]1CCCCN1C(=O)c1cccnc1CCC#N.CC(=O)c1c(O)cccc1OC[C@@H]1CCCCN1C(=O)c1cccnc1CCN1CCCC1.CC(=O)c1c(O)cccc1OC[C@@H]1CCCCN1C(=O)c1cccnc1CCO.COCCc1ncccc1C(=O)N1CCCC[C@H]1COc1cccc(O)c1C(C)=O. The summed E-state index contributed by atoms with van der Waals surface area (Å²) in [5.74, 6) is -0.683. The molecule has 0 spiro atoms. The predicted octanol–water partition coefficient (Wildman–Crippen LogP) is 16.2. The smallest absolute Gasteiger partial charge is 0.256 e. The molecule has 6 fully saturated rings. The number of aliphatic hydroxyl groups excluding tert-OH is 2. The Morgan fingerprint density at radius 2 is 0.580 bits per heavy atom. The van der Waals surface area contributed by atoms with Crippen molar-refractivity contribution in [2.75, 3.05) is 106 Å². The number of piperidine rings is 5.